The molecule has 1 amide bonds. The van der Waals surface area contributed by atoms with Gasteiger partial charge in [0.2, 0.25) is 0 Å². The lowest BCUT2D eigenvalue weighted by molar-refractivity contribution is -0.136. The lowest BCUT2D eigenvalue weighted by Crippen LogP contribution is -2.26. The number of nitrogens with zero attached hydrogens (tertiary/aromatic N) is 1. The summed E-state index contributed by atoms with van der Waals surface area (Å²) in [4.78, 5) is 26.7. The summed E-state index contributed by atoms with van der Waals surface area (Å²) in [5.41, 5.74) is 2.01. The predicted octanol–water partition coefficient (Wildman–Crippen LogP) is 2.96. The molecule has 2 rings (SSSR count). The van der Waals surface area contributed by atoms with Gasteiger partial charge in [0, 0.05) is 26.0 Å². The van der Waals surface area contributed by atoms with E-state index in [1.54, 1.807) is 43.2 Å². The normalized spacial score (nSPS) is 15.4. The number of hydrogen-bond acceptors (Lipinski definition) is 5. The van der Waals surface area contributed by atoms with Crippen molar-refractivity contribution in [1.29, 1.82) is 0 Å². The van der Waals surface area contributed by atoms with Gasteiger partial charge in [-0.25, -0.2) is 4.79 Å². The molecule has 0 saturated carbocycles. The van der Waals surface area contributed by atoms with Gasteiger partial charge in [-0.2, -0.15) is 0 Å². The average Bonchev–Trinajstić information content (AvgIpc) is 2.91. The zero-order valence-electron chi connectivity index (χ0n) is 16.0. The van der Waals surface area contributed by atoms with Crippen molar-refractivity contribution in [2.75, 3.05) is 34.0 Å². The number of rotatable bonds is 9. The van der Waals surface area contributed by atoms with Gasteiger partial charge in [0.1, 0.15) is 12.4 Å². The number of methoxy groups -OCH3 is 2. The Hall–Kier alpha value is -2.86. The molecule has 144 valence electrons. The first-order valence-electron chi connectivity index (χ1n) is 8.69. The van der Waals surface area contributed by atoms with E-state index in [9.17, 15) is 9.59 Å². The maximum atomic E-state index is 12.9. The zero-order valence-corrected chi connectivity index (χ0v) is 16.0. The van der Waals surface area contributed by atoms with Crippen LogP contribution in [0.25, 0.3) is 6.08 Å². The molecule has 0 fully saturated rings. The highest BCUT2D eigenvalue weighted by molar-refractivity contribution is 6.16. The molecule has 0 spiro atoms. The fourth-order valence-electron chi connectivity index (χ4n) is 2.85. The van der Waals surface area contributed by atoms with Gasteiger partial charge in [-0.05, 0) is 37.1 Å². The smallest absolute Gasteiger partial charge is 0.340 e. The summed E-state index contributed by atoms with van der Waals surface area (Å²) in [6, 6.07) is 7.27. The summed E-state index contributed by atoms with van der Waals surface area (Å²) in [6.07, 6.45) is 4.05. The van der Waals surface area contributed by atoms with Gasteiger partial charge in [-0.15, -0.1) is 0 Å². The highest BCUT2D eigenvalue weighted by atomic mass is 16.5. The van der Waals surface area contributed by atoms with Gasteiger partial charge in [-0.3, -0.25) is 4.79 Å². The Bertz CT molecular complexity index is 761. The van der Waals surface area contributed by atoms with E-state index in [4.69, 9.17) is 14.2 Å². The molecule has 1 aliphatic heterocycles. The van der Waals surface area contributed by atoms with Crippen molar-refractivity contribution in [3.05, 3.63) is 59.3 Å². The van der Waals surface area contributed by atoms with Crippen LogP contribution in [0.3, 0.4) is 0 Å². The van der Waals surface area contributed by atoms with Crippen LogP contribution in [-0.2, 0) is 19.1 Å². The van der Waals surface area contributed by atoms with Crippen molar-refractivity contribution in [2.24, 2.45) is 0 Å². The number of allylic oxidation sites excluding steroid dienone is 1. The van der Waals surface area contributed by atoms with Crippen molar-refractivity contribution in [3.8, 4) is 5.75 Å². The third kappa shape index (κ3) is 4.86. The molecule has 6 heteroatoms. The van der Waals surface area contributed by atoms with Crippen LogP contribution in [-0.4, -0.2) is 50.8 Å². The minimum absolute atomic E-state index is 0.212. The van der Waals surface area contributed by atoms with Crippen LogP contribution in [0.5, 0.6) is 5.75 Å². The topological polar surface area (TPSA) is 65.1 Å². The maximum absolute atomic E-state index is 12.9. The highest BCUT2D eigenvalue weighted by Crippen LogP contribution is 2.32. The zero-order chi connectivity index (χ0) is 19.8. The number of ether oxygens (including phenoxy) is 3. The largest absolute Gasteiger partial charge is 0.490 e. The van der Waals surface area contributed by atoms with Crippen LogP contribution in [0.1, 0.15) is 18.9 Å². The molecule has 27 heavy (non-hydrogen) atoms. The summed E-state index contributed by atoms with van der Waals surface area (Å²) < 4.78 is 15.4. The third-order valence-corrected chi connectivity index (χ3v) is 4.19. The first-order chi connectivity index (χ1) is 13.0. The van der Waals surface area contributed by atoms with Gasteiger partial charge >= 0.3 is 5.97 Å². The van der Waals surface area contributed by atoms with Crippen molar-refractivity contribution >= 4 is 18.0 Å². The van der Waals surface area contributed by atoms with Crippen molar-refractivity contribution < 1.29 is 23.8 Å². The van der Waals surface area contributed by atoms with Gasteiger partial charge in [0.15, 0.2) is 0 Å². The van der Waals surface area contributed by atoms with Crippen LogP contribution >= 0.6 is 0 Å². The highest BCUT2D eigenvalue weighted by Gasteiger charge is 2.36. The van der Waals surface area contributed by atoms with Gasteiger partial charge < -0.3 is 19.1 Å². The molecular weight excluding hydrogens is 346 g/mol. The van der Waals surface area contributed by atoms with E-state index in [1.807, 2.05) is 12.1 Å². The number of amides is 1. The van der Waals surface area contributed by atoms with Crippen LogP contribution in [0.15, 0.2) is 53.8 Å². The molecule has 0 atom stereocenters. The number of benzene rings is 1. The molecule has 0 radical (unpaired) electrons. The van der Waals surface area contributed by atoms with Gasteiger partial charge in [0.05, 0.1) is 18.3 Å². The second kappa shape index (κ2) is 9.73. The van der Waals surface area contributed by atoms with E-state index in [1.165, 1.54) is 7.11 Å². The average molecular weight is 371 g/mol. The number of carbonyl (C=O) groups excluding carboxylic acids is 2. The fourth-order valence-corrected chi connectivity index (χ4v) is 2.85. The lowest BCUT2D eigenvalue weighted by atomic mass is 10.0. The van der Waals surface area contributed by atoms with E-state index in [0.717, 1.165) is 5.56 Å². The molecular formula is C21H25NO5. The Morgan fingerprint density at radius 3 is 2.52 bits per heavy atom. The molecule has 1 aromatic carbocycles. The predicted molar refractivity (Wildman–Crippen MR) is 103 cm³/mol. The standard InChI is InChI=1S/C21H25NO5/c1-5-12-27-17-9-7-16(8-10-17)14-18-19(21(24)26-4)15(2)22(20(18)23)11-6-13-25-3/h5,7-10,14H,1,6,11-13H2,2-4H3. The second-order valence-corrected chi connectivity index (χ2v) is 5.98. The summed E-state index contributed by atoms with van der Waals surface area (Å²) in [6.45, 7) is 6.80. The number of carbonyl (C=O) groups is 2. The quantitative estimate of drug-likeness (QED) is 0.289. The SMILES string of the molecule is C=CCOc1ccc(C=C2C(=O)N(CCCOC)C(C)=C2C(=O)OC)cc1. The molecule has 0 aliphatic carbocycles. The molecule has 1 heterocycles. The van der Waals surface area contributed by atoms with Crippen LogP contribution in [0.2, 0.25) is 0 Å². The second-order valence-electron chi connectivity index (χ2n) is 5.98. The third-order valence-electron chi connectivity index (χ3n) is 4.19. The number of esters is 1. The Labute approximate surface area is 159 Å². The fraction of sp³-hybridized carbons (Fsp3) is 0.333. The summed E-state index contributed by atoms with van der Waals surface area (Å²) >= 11 is 0. The van der Waals surface area contributed by atoms with E-state index < -0.39 is 5.97 Å². The lowest BCUT2D eigenvalue weighted by Gasteiger charge is -2.17. The maximum Gasteiger partial charge on any atom is 0.340 e. The Balaban J connectivity index is 2.31. The molecule has 0 bridgehead atoms. The summed E-state index contributed by atoms with van der Waals surface area (Å²) in [5.74, 6) is -0.0285. The van der Waals surface area contributed by atoms with E-state index in [2.05, 4.69) is 6.58 Å². The summed E-state index contributed by atoms with van der Waals surface area (Å²) in [5, 5.41) is 0. The Morgan fingerprint density at radius 1 is 1.22 bits per heavy atom. The van der Waals surface area contributed by atoms with Crippen molar-refractivity contribution in [2.45, 2.75) is 13.3 Å². The Morgan fingerprint density at radius 2 is 1.93 bits per heavy atom. The minimum atomic E-state index is -0.521. The van der Waals surface area contributed by atoms with E-state index >= 15 is 0 Å². The first-order valence-corrected chi connectivity index (χ1v) is 8.69. The van der Waals surface area contributed by atoms with Crippen molar-refractivity contribution in [1.82, 2.24) is 4.90 Å². The molecule has 6 nitrogen and oxygen atoms in total. The van der Waals surface area contributed by atoms with Crippen LogP contribution in [0, 0.1) is 0 Å². The minimum Gasteiger partial charge on any atom is -0.490 e. The molecule has 0 saturated heterocycles. The summed E-state index contributed by atoms with van der Waals surface area (Å²) in [7, 11) is 2.92. The molecule has 0 aromatic heterocycles. The Kier molecular flexibility index (Phi) is 7.37. The molecule has 0 N–H and O–H groups in total. The van der Waals surface area contributed by atoms with Gasteiger partial charge in [-0.1, -0.05) is 24.8 Å². The van der Waals surface area contributed by atoms with Crippen molar-refractivity contribution in [3.63, 3.8) is 0 Å². The van der Waals surface area contributed by atoms with Gasteiger partial charge in [0.25, 0.3) is 5.91 Å². The number of hydrogen-bond donors (Lipinski definition) is 0. The molecule has 1 aliphatic rings. The van der Waals surface area contributed by atoms with Crippen LogP contribution in [0.4, 0.5) is 0 Å². The molecule has 0 unspecified atom stereocenters. The van der Waals surface area contributed by atoms with E-state index in [0.29, 0.717) is 48.8 Å². The monoisotopic (exact) mass is 371 g/mol. The first kappa shape index (κ1) is 20.5. The molecule has 1 aromatic rings. The van der Waals surface area contributed by atoms with Crippen LogP contribution < -0.4 is 4.74 Å². The van der Waals surface area contributed by atoms with E-state index in [-0.39, 0.29) is 5.91 Å².